The fourth-order valence-corrected chi connectivity index (χ4v) is 0.786. The van der Waals surface area contributed by atoms with Gasteiger partial charge in [0.05, 0.1) is 0 Å². The van der Waals surface area contributed by atoms with Crippen molar-refractivity contribution in [3.8, 4) is 0 Å². The van der Waals surface area contributed by atoms with E-state index in [2.05, 4.69) is 24.0 Å². The largest absolute Gasteiger partial charge is 0.387 e. The quantitative estimate of drug-likeness (QED) is 0.722. The lowest BCUT2D eigenvalue weighted by atomic mass is 10.2. The van der Waals surface area contributed by atoms with Crippen LogP contribution in [-0.2, 0) is 6.54 Å². The molecule has 0 aliphatic carbocycles. The van der Waals surface area contributed by atoms with Crippen LogP contribution < -0.4 is 5.32 Å². The molecule has 0 aliphatic heterocycles. The first-order chi connectivity index (χ1) is 5.93. The molecule has 66 valence electrons. The molecule has 0 aliphatic rings. The Labute approximate surface area is 75.1 Å². The highest BCUT2D eigenvalue weighted by molar-refractivity contribution is 5.14. The first-order valence-corrected chi connectivity index (χ1v) is 4.31. The standard InChI is InChI=1S/C9H11N.C2H6/c1-2-10-8-9-6-4-3-5-7-9;1-2/h2-7,10H,1,8H2;1-2H3. The maximum absolute atomic E-state index is 3.56. The van der Waals surface area contributed by atoms with Crippen molar-refractivity contribution in [1.29, 1.82) is 0 Å². The Morgan fingerprint density at radius 3 is 2.33 bits per heavy atom. The summed E-state index contributed by atoms with van der Waals surface area (Å²) in [6.45, 7) is 8.43. The summed E-state index contributed by atoms with van der Waals surface area (Å²) in [7, 11) is 0. The molecule has 0 atom stereocenters. The molecule has 1 heteroatoms. The van der Waals surface area contributed by atoms with Gasteiger partial charge in [-0.25, -0.2) is 0 Å². The molecular formula is C11H17N. The molecular weight excluding hydrogens is 146 g/mol. The summed E-state index contributed by atoms with van der Waals surface area (Å²) >= 11 is 0. The highest BCUT2D eigenvalue weighted by atomic mass is 14.8. The molecule has 1 rings (SSSR count). The van der Waals surface area contributed by atoms with Crippen LogP contribution in [0.25, 0.3) is 0 Å². The van der Waals surface area contributed by atoms with Crippen molar-refractivity contribution in [2.75, 3.05) is 0 Å². The molecule has 1 N–H and O–H groups in total. The molecule has 0 bridgehead atoms. The van der Waals surface area contributed by atoms with Crippen LogP contribution in [0, 0.1) is 0 Å². The molecule has 0 saturated carbocycles. The van der Waals surface area contributed by atoms with Gasteiger partial charge in [-0.15, -0.1) is 0 Å². The SMILES string of the molecule is C=CNCc1ccccc1.CC. The van der Waals surface area contributed by atoms with Gasteiger partial charge in [0.1, 0.15) is 0 Å². The summed E-state index contributed by atoms with van der Waals surface area (Å²) in [5.74, 6) is 0. The van der Waals surface area contributed by atoms with Crippen molar-refractivity contribution in [1.82, 2.24) is 5.32 Å². The number of hydrogen-bond acceptors (Lipinski definition) is 1. The number of rotatable bonds is 3. The van der Waals surface area contributed by atoms with Crippen LogP contribution in [0.4, 0.5) is 0 Å². The minimum Gasteiger partial charge on any atom is -0.387 e. The second kappa shape index (κ2) is 7.86. The molecule has 0 aromatic heterocycles. The zero-order valence-corrected chi connectivity index (χ0v) is 7.88. The monoisotopic (exact) mass is 163 g/mol. The smallest absolute Gasteiger partial charge is 0.0395 e. The Kier molecular flexibility index (Phi) is 7.05. The van der Waals surface area contributed by atoms with Crippen LogP contribution in [-0.4, -0.2) is 0 Å². The van der Waals surface area contributed by atoms with Gasteiger partial charge in [-0.05, 0) is 11.8 Å². The number of benzene rings is 1. The molecule has 1 aromatic carbocycles. The van der Waals surface area contributed by atoms with E-state index in [9.17, 15) is 0 Å². The molecule has 0 heterocycles. The number of hydrogen-bond donors (Lipinski definition) is 1. The highest BCUT2D eigenvalue weighted by Crippen LogP contribution is 1.96. The van der Waals surface area contributed by atoms with E-state index >= 15 is 0 Å². The van der Waals surface area contributed by atoms with Gasteiger partial charge in [-0.3, -0.25) is 0 Å². The van der Waals surface area contributed by atoms with Gasteiger partial charge >= 0.3 is 0 Å². The molecule has 0 radical (unpaired) electrons. The third kappa shape index (κ3) is 4.56. The van der Waals surface area contributed by atoms with E-state index in [1.807, 2.05) is 32.0 Å². The Morgan fingerprint density at radius 1 is 1.25 bits per heavy atom. The van der Waals surface area contributed by atoms with E-state index in [4.69, 9.17) is 0 Å². The lowest BCUT2D eigenvalue weighted by Crippen LogP contribution is -2.02. The Hall–Kier alpha value is -1.24. The van der Waals surface area contributed by atoms with Crippen molar-refractivity contribution in [3.05, 3.63) is 48.7 Å². The molecule has 1 nitrogen and oxygen atoms in total. The molecule has 12 heavy (non-hydrogen) atoms. The van der Waals surface area contributed by atoms with Crippen molar-refractivity contribution >= 4 is 0 Å². The van der Waals surface area contributed by atoms with E-state index in [0.29, 0.717) is 0 Å². The van der Waals surface area contributed by atoms with Gasteiger partial charge in [0.15, 0.2) is 0 Å². The predicted molar refractivity (Wildman–Crippen MR) is 54.8 cm³/mol. The number of nitrogens with one attached hydrogen (secondary N) is 1. The Morgan fingerprint density at radius 2 is 1.83 bits per heavy atom. The zero-order chi connectivity index (χ0) is 9.23. The van der Waals surface area contributed by atoms with Crippen molar-refractivity contribution < 1.29 is 0 Å². The molecule has 0 fully saturated rings. The van der Waals surface area contributed by atoms with Gasteiger partial charge in [-0.1, -0.05) is 50.8 Å². The zero-order valence-electron chi connectivity index (χ0n) is 7.88. The summed E-state index contributed by atoms with van der Waals surface area (Å²) in [5.41, 5.74) is 1.28. The van der Waals surface area contributed by atoms with E-state index < -0.39 is 0 Å². The summed E-state index contributed by atoms with van der Waals surface area (Å²) < 4.78 is 0. The first-order valence-electron chi connectivity index (χ1n) is 4.31. The van der Waals surface area contributed by atoms with Gasteiger partial charge in [0.25, 0.3) is 0 Å². The van der Waals surface area contributed by atoms with Crippen molar-refractivity contribution in [3.63, 3.8) is 0 Å². The average Bonchev–Trinajstić information content (AvgIpc) is 2.19. The van der Waals surface area contributed by atoms with Crippen LogP contribution in [0.3, 0.4) is 0 Å². The summed E-state index contributed by atoms with van der Waals surface area (Å²) in [4.78, 5) is 0. The van der Waals surface area contributed by atoms with Gasteiger partial charge in [0.2, 0.25) is 0 Å². The minimum absolute atomic E-state index is 0.865. The fourth-order valence-electron chi connectivity index (χ4n) is 0.786. The van der Waals surface area contributed by atoms with Crippen LogP contribution in [0.5, 0.6) is 0 Å². The van der Waals surface area contributed by atoms with Gasteiger partial charge < -0.3 is 5.32 Å². The maximum Gasteiger partial charge on any atom is 0.0395 e. The normalized spacial score (nSPS) is 7.83. The van der Waals surface area contributed by atoms with E-state index in [1.54, 1.807) is 6.20 Å². The first kappa shape index (κ1) is 10.8. The lowest BCUT2D eigenvalue weighted by Gasteiger charge is -1.98. The van der Waals surface area contributed by atoms with Gasteiger partial charge in [0, 0.05) is 6.54 Å². The van der Waals surface area contributed by atoms with E-state index in [0.717, 1.165) is 6.54 Å². The Bertz CT molecular complexity index is 191. The van der Waals surface area contributed by atoms with Crippen LogP contribution in [0.2, 0.25) is 0 Å². The van der Waals surface area contributed by atoms with Crippen LogP contribution in [0.1, 0.15) is 19.4 Å². The fraction of sp³-hybridized carbons (Fsp3) is 0.273. The van der Waals surface area contributed by atoms with E-state index in [-0.39, 0.29) is 0 Å². The summed E-state index contributed by atoms with van der Waals surface area (Å²) in [6.07, 6.45) is 1.70. The third-order valence-electron chi connectivity index (χ3n) is 1.29. The predicted octanol–water partition coefficient (Wildman–Crippen LogP) is 2.95. The van der Waals surface area contributed by atoms with Crippen LogP contribution in [0.15, 0.2) is 43.1 Å². The molecule has 0 unspecified atom stereocenters. The third-order valence-corrected chi connectivity index (χ3v) is 1.29. The van der Waals surface area contributed by atoms with Gasteiger partial charge in [-0.2, -0.15) is 0 Å². The molecule has 0 amide bonds. The van der Waals surface area contributed by atoms with Crippen LogP contribution >= 0.6 is 0 Å². The topological polar surface area (TPSA) is 12.0 Å². The molecule has 0 spiro atoms. The lowest BCUT2D eigenvalue weighted by molar-refractivity contribution is 0.872. The summed E-state index contributed by atoms with van der Waals surface area (Å²) in [6, 6.07) is 10.2. The van der Waals surface area contributed by atoms with Crippen molar-refractivity contribution in [2.45, 2.75) is 20.4 Å². The summed E-state index contributed by atoms with van der Waals surface area (Å²) in [5, 5.41) is 3.03. The molecule has 0 saturated heterocycles. The van der Waals surface area contributed by atoms with Crippen molar-refractivity contribution in [2.24, 2.45) is 0 Å². The second-order valence-corrected chi connectivity index (χ2v) is 2.07. The maximum atomic E-state index is 3.56. The molecule has 1 aromatic rings. The highest BCUT2D eigenvalue weighted by Gasteiger charge is 1.84. The minimum atomic E-state index is 0.865. The second-order valence-electron chi connectivity index (χ2n) is 2.07. The average molecular weight is 163 g/mol. The van der Waals surface area contributed by atoms with E-state index in [1.165, 1.54) is 5.56 Å². The Balaban J connectivity index is 0.000000561.